The van der Waals surface area contributed by atoms with Crippen LogP contribution in [0.25, 0.3) is 0 Å². The summed E-state index contributed by atoms with van der Waals surface area (Å²) in [5.41, 5.74) is 2.49. The fourth-order valence-corrected chi connectivity index (χ4v) is 6.45. The van der Waals surface area contributed by atoms with Gasteiger partial charge in [-0.1, -0.05) is 49.6 Å². The molecular formula is C31H42N4O3. The number of carbonyl (C=O) groups excluding carboxylic acids is 2. The summed E-state index contributed by atoms with van der Waals surface area (Å²) in [4.78, 5) is 34.9. The highest BCUT2D eigenvalue weighted by Gasteiger charge is 2.46. The van der Waals surface area contributed by atoms with Crippen molar-refractivity contribution in [1.82, 2.24) is 20.0 Å². The molecule has 2 atom stereocenters. The third-order valence-electron chi connectivity index (χ3n) is 8.63. The summed E-state index contributed by atoms with van der Waals surface area (Å²) in [5, 5.41) is 3.26. The lowest BCUT2D eigenvalue weighted by Crippen LogP contribution is -2.52. The van der Waals surface area contributed by atoms with Crippen molar-refractivity contribution in [2.24, 2.45) is 0 Å². The van der Waals surface area contributed by atoms with E-state index in [0.717, 1.165) is 81.7 Å². The maximum Gasteiger partial charge on any atom is 0.254 e. The Kier molecular flexibility index (Phi) is 8.65. The van der Waals surface area contributed by atoms with Crippen molar-refractivity contribution < 1.29 is 14.3 Å². The molecule has 0 bridgehead atoms. The van der Waals surface area contributed by atoms with Crippen molar-refractivity contribution in [3.8, 4) is 5.75 Å². The molecular weight excluding hydrogens is 476 g/mol. The van der Waals surface area contributed by atoms with Gasteiger partial charge >= 0.3 is 0 Å². The fourth-order valence-electron chi connectivity index (χ4n) is 6.45. The molecule has 2 unspecified atom stereocenters. The molecule has 2 aromatic carbocycles. The monoisotopic (exact) mass is 518 g/mol. The minimum Gasteiger partial charge on any atom is -0.497 e. The Balaban J connectivity index is 1.41. The number of carbonyl (C=O) groups is 2. The van der Waals surface area contributed by atoms with Gasteiger partial charge in [-0.3, -0.25) is 9.59 Å². The molecule has 3 aliphatic rings. The highest BCUT2D eigenvalue weighted by atomic mass is 16.5. The zero-order chi connectivity index (χ0) is 26.5. The molecule has 1 saturated carbocycles. The number of nitrogens with one attached hydrogen (secondary N) is 1. The number of piperazine rings is 1. The Morgan fingerprint density at radius 1 is 0.974 bits per heavy atom. The lowest BCUT2D eigenvalue weighted by atomic mass is 9.77. The molecule has 0 aromatic heterocycles. The van der Waals surface area contributed by atoms with Gasteiger partial charge in [0.15, 0.2) is 0 Å². The second-order valence-corrected chi connectivity index (χ2v) is 11.1. The second kappa shape index (κ2) is 12.3. The quantitative estimate of drug-likeness (QED) is 0.534. The summed E-state index contributed by atoms with van der Waals surface area (Å²) in [7, 11) is 3.82. The Hall–Kier alpha value is -2.90. The number of methoxy groups -OCH3 is 1. The van der Waals surface area contributed by atoms with E-state index in [9.17, 15) is 9.59 Å². The molecule has 204 valence electrons. The zero-order valence-electron chi connectivity index (χ0n) is 22.9. The third-order valence-corrected chi connectivity index (χ3v) is 8.63. The summed E-state index contributed by atoms with van der Waals surface area (Å²) in [6.45, 7) is 5.98. The number of rotatable bonds is 8. The van der Waals surface area contributed by atoms with Gasteiger partial charge in [-0.05, 0) is 62.2 Å². The lowest BCUT2D eigenvalue weighted by Gasteiger charge is -2.46. The van der Waals surface area contributed by atoms with Gasteiger partial charge in [0.1, 0.15) is 5.75 Å². The molecule has 1 saturated heterocycles. The van der Waals surface area contributed by atoms with Crippen molar-refractivity contribution in [3.63, 3.8) is 0 Å². The largest absolute Gasteiger partial charge is 0.497 e. The van der Waals surface area contributed by atoms with Crippen LogP contribution in [-0.4, -0.2) is 86.0 Å². The maximum atomic E-state index is 14.0. The Bertz CT molecular complexity index is 1090. The van der Waals surface area contributed by atoms with Gasteiger partial charge in [0.25, 0.3) is 5.91 Å². The van der Waals surface area contributed by atoms with Crippen LogP contribution in [0.3, 0.4) is 0 Å². The number of ether oxygens (including phenoxy) is 1. The van der Waals surface area contributed by atoms with Crippen LogP contribution >= 0.6 is 0 Å². The van der Waals surface area contributed by atoms with Crippen LogP contribution in [-0.2, 0) is 4.79 Å². The van der Waals surface area contributed by atoms with Gasteiger partial charge < -0.3 is 24.8 Å². The van der Waals surface area contributed by atoms with E-state index in [0.29, 0.717) is 12.1 Å². The van der Waals surface area contributed by atoms with Gasteiger partial charge in [0, 0.05) is 44.3 Å². The van der Waals surface area contributed by atoms with Crippen molar-refractivity contribution in [2.75, 3.05) is 53.4 Å². The van der Waals surface area contributed by atoms with Gasteiger partial charge in [0.2, 0.25) is 5.91 Å². The van der Waals surface area contributed by atoms with E-state index in [4.69, 9.17) is 4.74 Å². The van der Waals surface area contributed by atoms with Crippen LogP contribution < -0.4 is 10.1 Å². The van der Waals surface area contributed by atoms with E-state index in [-0.39, 0.29) is 23.9 Å². The molecule has 0 radical (unpaired) electrons. The molecule has 38 heavy (non-hydrogen) atoms. The van der Waals surface area contributed by atoms with Crippen molar-refractivity contribution in [2.45, 2.75) is 56.5 Å². The number of nitrogens with zero attached hydrogens (tertiary/aromatic N) is 3. The molecule has 2 aliphatic heterocycles. The van der Waals surface area contributed by atoms with E-state index in [1.807, 2.05) is 48.5 Å². The molecule has 7 heteroatoms. The number of amides is 2. The first-order valence-electron chi connectivity index (χ1n) is 14.3. The first kappa shape index (κ1) is 26.7. The van der Waals surface area contributed by atoms with Gasteiger partial charge in [-0.25, -0.2) is 0 Å². The normalized spacial score (nSPS) is 23.2. The Morgan fingerprint density at radius 3 is 2.39 bits per heavy atom. The van der Waals surface area contributed by atoms with Crippen LogP contribution in [0.4, 0.5) is 0 Å². The molecule has 1 N–H and O–H groups in total. The summed E-state index contributed by atoms with van der Waals surface area (Å²) < 4.78 is 5.41. The number of likely N-dealkylation sites (N-methyl/N-ethyl adjacent to an activating group) is 1. The summed E-state index contributed by atoms with van der Waals surface area (Å²) in [5.74, 6) is 0.366. The Labute approximate surface area is 227 Å². The van der Waals surface area contributed by atoms with Crippen molar-refractivity contribution >= 4 is 11.8 Å². The standard InChI is InChI=1S/C31H42N4O3/c1-33-19-21-34(22-20-33)18-8-17-32-30(36)28-26-11-6-7-12-27(26)31(37)35(24-9-4-3-5-10-24)29(28)23-13-15-25(38-2)16-14-23/h6-7,11-16,24,28-29H,3-5,8-10,17-22H2,1-2H3,(H,32,36). The molecule has 1 aliphatic carbocycles. The zero-order valence-corrected chi connectivity index (χ0v) is 22.9. The van der Waals surface area contributed by atoms with Gasteiger partial charge in [-0.2, -0.15) is 0 Å². The predicted molar refractivity (Wildman–Crippen MR) is 150 cm³/mol. The van der Waals surface area contributed by atoms with Crippen molar-refractivity contribution in [3.05, 3.63) is 65.2 Å². The highest BCUT2D eigenvalue weighted by molar-refractivity contribution is 6.01. The predicted octanol–water partition coefficient (Wildman–Crippen LogP) is 4.06. The van der Waals surface area contributed by atoms with Crippen LogP contribution in [0.15, 0.2) is 48.5 Å². The van der Waals surface area contributed by atoms with Crippen LogP contribution in [0.2, 0.25) is 0 Å². The molecule has 2 fully saturated rings. The third kappa shape index (κ3) is 5.74. The average Bonchev–Trinajstić information content (AvgIpc) is 2.96. The first-order chi connectivity index (χ1) is 18.6. The maximum absolute atomic E-state index is 14.0. The smallest absolute Gasteiger partial charge is 0.254 e. The lowest BCUT2D eigenvalue weighted by molar-refractivity contribution is -0.124. The van der Waals surface area contributed by atoms with E-state index in [1.54, 1.807) is 7.11 Å². The second-order valence-electron chi connectivity index (χ2n) is 11.1. The molecule has 0 spiro atoms. The topological polar surface area (TPSA) is 65.1 Å². The minimum atomic E-state index is -0.456. The van der Waals surface area contributed by atoms with E-state index < -0.39 is 5.92 Å². The number of hydrogen-bond acceptors (Lipinski definition) is 5. The SMILES string of the molecule is COc1ccc(C2C(C(=O)NCCCN3CCN(C)CC3)c3ccccc3C(=O)N2C2CCCCC2)cc1. The average molecular weight is 519 g/mol. The fraction of sp³-hybridized carbons (Fsp3) is 0.548. The number of fused-ring (bicyclic) bond motifs is 1. The van der Waals surface area contributed by atoms with Gasteiger partial charge in [0.05, 0.1) is 19.1 Å². The van der Waals surface area contributed by atoms with Crippen LogP contribution in [0.5, 0.6) is 5.75 Å². The molecule has 7 nitrogen and oxygen atoms in total. The molecule has 2 amide bonds. The Morgan fingerprint density at radius 2 is 1.68 bits per heavy atom. The summed E-state index contributed by atoms with van der Waals surface area (Å²) in [6.07, 6.45) is 6.34. The van der Waals surface area contributed by atoms with Crippen LogP contribution in [0, 0.1) is 0 Å². The number of benzene rings is 2. The minimum absolute atomic E-state index is 0.00459. The van der Waals surface area contributed by atoms with E-state index in [1.165, 1.54) is 6.42 Å². The molecule has 2 aromatic rings. The highest BCUT2D eigenvalue weighted by Crippen LogP contribution is 2.46. The molecule has 2 heterocycles. The van der Waals surface area contributed by atoms with Gasteiger partial charge in [-0.15, -0.1) is 0 Å². The van der Waals surface area contributed by atoms with Crippen LogP contribution in [0.1, 0.15) is 72.0 Å². The molecule has 5 rings (SSSR count). The first-order valence-corrected chi connectivity index (χ1v) is 14.3. The van der Waals surface area contributed by atoms with E-state index in [2.05, 4.69) is 27.1 Å². The van der Waals surface area contributed by atoms with E-state index >= 15 is 0 Å². The summed E-state index contributed by atoms with van der Waals surface area (Å²) >= 11 is 0. The number of hydrogen-bond donors (Lipinski definition) is 1. The van der Waals surface area contributed by atoms with Crippen molar-refractivity contribution in [1.29, 1.82) is 0 Å². The summed E-state index contributed by atoms with van der Waals surface area (Å²) in [6, 6.07) is 15.4.